The predicted molar refractivity (Wildman–Crippen MR) is 128 cm³/mol. The summed E-state index contributed by atoms with van der Waals surface area (Å²) >= 11 is 0. The minimum Gasteiger partial charge on any atom is -0.497 e. The Morgan fingerprint density at radius 1 is 1.06 bits per heavy atom. The second-order valence-corrected chi connectivity index (χ2v) is 9.89. The van der Waals surface area contributed by atoms with Crippen LogP contribution in [0.3, 0.4) is 0 Å². The minimum atomic E-state index is -3.95. The molecule has 0 saturated carbocycles. The Balaban J connectivity index is 1.70. The van der Waals surface area contributed by atoms with Crippen molar-refractivity contribution in [2.75, 3.05) is 23.3 Å². The molecule has 1 N–H and O–H groups in total. The summed E-state index contributed by atoms with van der Waals surface area (Å²) in [6.45, 7) is 5.61. The SMILES string of the molecule is COc1ccc(S(=O)(=O)N2CC(C(=O)Nc3cccc(C)c3C)Oc3cc(C)ccc32)cc1. The number of fused-ring (bicyclic) bond motifs is 1. The first-order valence-corrected chi connectivity index (χ1v) is 12.0. The van der Waals surface area contributed by atoms with Crippen molar-refractivity contribution in [3.63, 3.8) is 0 Å². The summed E-state index contributed by atoms with van der Waals surface area (Å²) in [5.74, 6) is 0.489. The van der Waals surface area contributed by atoms with E-state index >= 15 is 0 Å². The number of anilines is 2. The predicted octanol–water partition coefficient (Wildman–Crippen LogP) is 4.22. The molecule has 0 radical (unpaired) electrons. The molecule has 0 aliphatic carbocycles. The Kier molecular flexibility index (Phi) is 6.03. The maximum Gasteiger partial charge on any atom is 0.267 e. The van der Waals surface area contributed by atoms with Crippen LogP contribution in [0.4, 0.5) is 11.4 Å². The first kappa shape index (κ1) is 22.7. The summed E-state index contributed by atoms with van der Waals surface area (Å²) in [5.41, 5.74) is 3.95. The number of methoxy groups -OCH3 is 1. The van der Waals surface area contributed by atoms with Crippen molar-refractivity contribution in [1.82, 2.24) is 0 Å². The van der Waals surface area contributed by atoms with Crippen LogP contribution >= 0.6 is 0 Å². The van der Waals surface area contributed by atoms with Crippen molar-refractivity contribution in [3.05, 3.63) is 77.4 Å². The van der Waals surface area contributed by atoms with Gasteiger partial charge in [0.15, 0.2) is 6.10 Å². The smallest absolute Gasteiger partial charge is 0.267 e. The van der Waals surface area contributed by atoms with Gasteiger partial charge in [-0.2, -0.15) is 0 Å². The zero-order chi connectivity index (χ0) is 23.8. The number of ether oxygens (including phenoxy) is 2. The van der Waals surface area contributed by atoms with Gasteiger partial charge in [-0.1, -0.05) is 18.2 Å². The normalized spacial score (nSPS) is 15.4. The van der Waals surface area contributed by atoms with Crippen LogP contribution in [0.25, 0.3) is 0 Å². The number of nitrogens with zero attached hydrogens (tertiary/aromatic N) is 1. The van der Waals surface area contributed by atoms with E-state index in [0.717, 1.165) is 16.7 Å². The van der Waals surface area contributed by atoms with Crippen molar-refractivity contribution < 1.29 is 22.7 Å². The molecule has 1 amide bonds. The van der Waals surface area contributed by atoms with Gasteiger partial charge >= 0.3 is 0 Å². The number of hydrogen-bond acceptors (Lipinski definition) is 5. The van der Waals surface area contributed by atoms with E-state index in [4.69, 9.17) is 9.47 Å². The lowest BCUT2D eigenvalue weighted by Crippen LogP contribution is -2.48. The highest BCUT2D eigenvalue weighted by Crippen LogP contribution is 2.38. The van der Waals surface area contributed by atoms with Crippen LogP contribution in [0.5, 0.6) is 11.5 Å². The first-order valence-electron chi connectivity index (χ1n) is 10.5. The lowest BCUT2D eigenvalue weighted by atomic mass is 10.1. The lowest BCUT2D eigenvalue weighted by molar-refractivity contribution is -0.122. The molecule has 0 saturated heterocycles. The van der Waals surface area contributed by atoms with Crippen LogP contribution < -0.4 is 19.1 Å². The van der Waals surface area contributed by atoms with Gasteiger partial charge in [-0.3, -0.25) is 9.10 Å². The Labute approximate surface area is 194 Å². The molecule has 0 fully saturated rings. The molecule has 0 bridgehead atoms. The van der Waals surface area contributed by atoms with Gasteiger partial charge in [-0.25, -0.2) is 8.42 Å². The van der Waals surface area contributed by atoms with Gasteiger partial charge in [0.1, 0.15) is 11.5 Å². The Hall–Kier alpha value is -3.52. The second kappa shape index (κ2) is 8.78. The number of amides is 1. The molecule has 172 valence electrons. The molecule has 4 rings (SSSR count). The van der Waals surface area contributed by atoms with Crippen LogP contribution in [-0.4, -0.2) is 34.1 Å². The third-order valence-electron chi connectivity index (χ3n) is 5.79. The molecule has 33 heavy (non-hydrogen) atoms. The maximum atomic E-state index is 13.6. The van der Waals surface area contributed by atoms with Crippen molar-refractivity contribution in [3.8, 4) is 11.5 Å². The molecule has 8 heteroatoms. The number of carbonyl (C=O) groups is 1. The van der Waals surface area contributed by atoms with Crippen molar-refractivity contribution in [2.45, 2.75) is 31.8 Å². The Morgan fingerprint density at radius 3 is 2.48 bits per heavy atom. The van der Waals surface area contributed by atoms with E-state index < -0.39 is 22.0 Å². The Morgan fingerprint density at radius 2 is 1.79 bits per heavy atom. The summed E-state index contributed by atoms with van der Waals surface area (Å²) in [4.78, 5) is 13.2. The van der Waals surface area contributed by atoms with E-state index in [9.17, 15) is 13.2 Å². The third kappa shape index (κ3) is 4.39. The zero-order valence-electron chi connectivity index (χ0n) is 19.0. The number of hydrogen-bond donors (Lipinski definition) is 1. The average Bonchev–Trinajstić information content (AvgIpc) is 2.81. The fourth-order valence-electron chi connectivity index (χ4n) is 3.70. The van der Waals surface area contributed by atoms with Gasteiger partial charge in [0.25, 0.3) is 15.9 Å². The van der Waals surface area contributed by atoms with Crippen LogP contribution in [0.2, 0.25) is 0 Å². The largest absolute Gasteiger partial charge is 0.497 e. The van der Waals surface area contributed by atoms with E-state index in [0.29, 0.717) is 22.9 Å². The standard InChI is InChI=1S/C25H26N2O5S/c1-16-8-13-22-23(14-16)32-24(25(28)26-21-7-5-6-17(2)18(21)3)15-27(22)33(29,30)20-11-9-19(31-4)10-12-20/h5-14,24H,15H2,1-4H3,(H,26,28). The molecule has 7 nitrogen and oxygen atoms in total. The highest BCUT2D eigenvalue weighted by Gasteiger charge is 2.37. The first-order chi connectivity index (χ1) is 15.7. The van der Waals surface area contributed by atoms with E-state index in [1.165, 1.54) is 23.5 Å². The van der Waals surface area contributed by atoms with E-state index in [-0.39, 0.29) is 11.4 Å². The summed E-state index contributed by atoms with van der Waals surface area (Å²) in [6.07, 6.45) is -1.02. The number of nitrogens with one attached hydrogen (secondary N) is 1. The molecular weight excluding hydrogens is 440 g/mol. The summed E-state index contributed by atoms with van der Waals surface area (Å²) in [7, 11) is -2.43. The molecule has 1 atom stereocenters. The summed E-state index contributed by atoms with van der Waals surface area (Å²) < 4.78 is 39.5. The van der Waals surface area contributed by atoms with E-state index in [2.05, 4.69) is 5.32 Å². The van der Waals surface area contributed by atoms with Crippen molar-refractivity contribution in [1.29, 1.82) is 0 Å². The lowest BCUT2D eigenvalue weighted by Gasteiger charge is -2.35. The quantitative estimate of drug-likeness (QED) is 0.609. The molecule has 1 aliphatic rings. The number of sulfonamides is 1. The summed E-state index contributed by atoms with van der Waals surface area (Å²) in [5, 5.41) is 2.89. The fraction of sp³-hybridized carbons (Fsp3) is 0.240. The highest BCUT2D eigenvalue weighted by atomic mass is 32.2. The van der Waals surface area contributed by atoms with Crippen LogP contribution in [0, 0.1) is 20.8 Å². The Bertz CT molecular complexity index is 1300. The van der Waals surface area contributed by atoms with Gasteiger partial charge in [-0.05, 0) is 79.9 Å². The molecule has 1 heterocycles. The fourth-order valence-corrected chi connectivity index (χ4v) is 5.18. The molecule has 0 spiro atoms. The number of aryl methyl sites for hydroxylation is 2. The molecule has 1 aliphatic heterocycles. The number of benzene rings is 3. The van der Waals surface area contributed by atoms with Crippen molar-refractivity contribution in [2.24, 2.45) is 0 Å². The second-order valence-electron chi connectivity index (χ2n) is 8.03. The topological polar surface area (TPSA) is 84.9 Å². The van der Waals surface area contributed by atoms with Gasteiger partial charge in [0.2, 0.25) is 0 Å². The molecule has 0 aromatic heterocycles. The maximum absolute atomic E-state index is 13.6. The van der Waals surface area contributed by atoms with E-state index in [1.54, 1.807) is 24.3 Å². The zero-order valence-corrected chi connectivity index (χ0v) is 19.8. The molecule has 3 aromatic carbocycles. The van der Waals surface area contributed by atoms with Crippen LogP contribution in [0.1, 0.15) is 16.7 Å². The van der Waals surface area contributed by atoms with Gasteiger partial charge in [0, 0.05) is 5.69 Å². The number of rotatable bonds is 5. The molecule has 1 unspecified atom stereocenters. The van der Waals surface area contributed by atoms with Crippen LogP contribution in [0.15, 0.2) is 65.6 Å². The van der Waals surface area contributed by atoms with Crippen LogP contribution in [-0.2, 0) is 14.8 Å². The van der Waals surface area contributed by atoms with Gasteiger partial charge in [0.05, 0.1) is 24.2 Å². The van der Waals surface area contributed by atoms with Gasteiger partial charge in [-0.15, -0.1) is 0 Å². The summed E-state index contributed by atoms with van der Waals surface area (Å²) in [6, 6.07) is 17.0. The molecule has 3 aromatic rings. The third-order valence-corrected chi connectivity index (χ3v) is 7.58. The highest BCUT2D eigenvalue weighted by molar-refractivity contribution is 7.92. The van der Waals surface area contributed by atoms with Gasteiger partial charge < -0.3 is 14.8 Å². The average molecular weight is 467 g/mol. The monoisotopic (exact) mass is 466 g/mol. The molecular formula is C25H26N2O5S. The van der Waals surface area contributed by atoms with Crippen molar-refractivity contribution >= 4 is 27.3 Å². The number of carbonyl (C=O) groups excluding carboxylic acids is 1. The minimum absolute atomic E-state index is 0.102. The van der Waals surface area contributed by atoms with E-state index in [1.807, 2.05) is 45.0 Å².